The smallest absolute Gasteiger partial charge is 0.459 e. The number of nitrogens with zero attached hydrogens (tertiary/aromatic N) is 1. The van der Waals surface area contributed by atoms with Gasteiger partial charge in [-0.15, -0.1) is 0 Å². The lowest BCUT2D eigenvalue weighted by Crippen LogP contribution is -2.35. The van der Waals surface area contributed by atoms with Crippen LogP contribution in [0, 0.1) is 6.92 Å². The van der Waals surface area contributed by atoms with Gasteiger partial charge in [-0.1, -0.05) is 31.6 Å². The summed E-state index contributed by atoms with van der Waals surface area (Å²) in [6.45, 7) is 2.06. The van der Waals surface area contributed by atoms with Crippen LogP contribution in [0.5, 0.6) is 5.75 Å². The van der Waals surface area contributed by atoms with Gasteiger partial charge in [0.2, 0.25) is 0 Å². The maximum absolute atomic E-state index is 13.4. The molecule has 0 saturated carbocycles. The van der Waals surface area contributed by atoms with Crippen molar-refractivity contribution in [1.82, 2.24) is 14.6 Å². The molecule has 1 aliphatic heterocycles. The number of halogens is 5. The van der Waals surface area contributed by atoms with Crippen LogP contribution in [0.1, 0.15) is 18.7 Å². The molecule has 0 fully saturated rings. The predicted molar refractivity (Wildman–Crippen MR) is 126 cm³/mol. The first-order chi connectivity index (χ1) is 17.3. The number of nitrogens with one attached hydrogen (secondary N) is 2. The Morgan fingerprint density at radius 2 is 1.92 bits per heavy atom. The normalized spacial score (nSPS) is 21.7. The fourth-order valence-corrected chi connectivity index (χ4v) is 5.32. The molecule has 0 saturated heterocycles. The molecule has 1 aliphatic rings. The van der Waals surface area contributed by atoms with E-state index in [0.29, 0.717) is 6.07 Å². The van der Waals surface area contributed by atoms with Crippen LogP contribution in [0.15, 0.2) is 57.1 Å². The van der Waals surface area contributed by atoms with E-state index in [4.69, 9.17) is 13.8 Å². The molecule has 0 amide bonds. The van der Waals surface area contributed by atoms with Crippen molar-refractivity contribution in [3.05, 3.63) is 69.0 Å². The molecule has 0 bridgehead atoms. The minimum Gasteiger partial charge on any atom is -0.468 e. The molecule has 38 heavy (non-hydrogen) atoms. The van der Waals surface area contributed by atoms with Gasteiger partial charge in [-0.05, 0) is 32.1 Å². The summed E-state index contributed by atoms with van der Waals surface area (Å²) in [4.78, 5) is 35.3. The average molecular weight is 591 g/mol. The van der Waals surface area contributed by atoms with E-state index >= 15 is 0 Å². The fraction of sp³-hybridized carbons (Fsp3) is 0.350. The highest BCUT2D eigenvalue weighted by Crippen LogP contribution is 3.02. The second-order valence-corrected chi connectivity index (χ2v) is 12.2. The minimum absolute atomic E-state index is 0.0466. The van der Waals surface area contributed by atoms with Crippen molar-refractivity contribution < 1.29 is 47.3 Å². The van der Waals surface area contributed by atoms with Crippen LogP contribution in [-0.4, -0.2) is 41.4 Å². The molecule has 4 atom stereocenters. The summed E-state index contributed by atoms with van der Waals surface area (Å²) in [5.41, 5.74) is -1.15. The number of H-pyrrole nitrogens is 1. The number of methoxy groups -OCH3 is 1. The number of aryl methyl sites for hydroxylation is 1. The zero-order valence-corrected chi connectivity index (χ0v) is 21.7. The van der Waals surface area contributed by atoms with Crippen molar-refractivity contribution in [1.29, 1.82) is 0 Å². The third-order valence-corrected chi connectivity index (χ3v) is 7.80. The Morgan fingerprint density at radius 1 is 1.24 bits per heavy atom. The van der Waals surface area contributed by atoms with E-state index < -0.39 is 70.8 Å². The van der Waals surface area contributed by atoms with Gasteiger partial charge in [0, 0.05) is 17.8 Å². The maximum atomic E-state index is 13.4. The summed E-state index contributed by atoms with van der Waals surface area (Å²) >= 11 is 0. The highest BCUT2D eigenvalue weighted by molar-refractivity contribution is 8.45. The fourth-order valence-electron chi connectivity index (χ4n) is 3.16. The summed E-state index contributed by atoms with van der Waals surface area (Å²) < 4.78 is 101. The summed E-state index contributed by atoms with van der Waals surface area (Å²) in [7, 11) is -13.8. The minimum atomic E-state index is -10.1. The second kappa shape index (κ2) is 9.64. The summed E-state index contributed by atoms with van der Waals surface area (Å²) in [6, 6.07) is 0.173. The number of benzene rings is 1. The van der Waals surface area contributed by atoms with Crippen LogP contribution < -0.4 is 20.9 Å². The second-order valence-electron chi connectivity index (χ2n) is 8.13. The molecule has 2 N–H and O–H groups in total. The zero-order chi connectivity index (χ0) is 28.6. The van der Waals surface area contributed by atoms with Gasteiger partial charge in [0.15, 0.2) is 6.23 Å². The summed E-state index contributed by atoms with van der Waals surface area (Å²) in [5, 5.41) is 2.16. The first kappa shape index (κ1) is 29.6. The van der Waals surface area contributed by atoms with Crippen LogP contribution in [0.2, 0.25) is 0 Å². The van der Waals surface area contributed by atoms with Gasteiger partial charge in [0.05, 0.1) is 13.7 Å². The number of hydrogen-bond acceptors (Lipinski definition) is 8. The predicted octanol–water partition coefficient (Wildman–Crippen LogP) is 4.31. The van der Waals surface area contributed by atoms with Crippen molar-refractivity contribution in [3.63, 3.8) is 0 Å². The van der Waals surface area contributed by atoms with Crippen LogP contribution in [0.25, 0.3) is 0 Å². The van der Waals surface area contributed by atoms with Gasteiger partial charge in [-0.3, -0.25) is 23.7 Å². The molecular formula is C20H23F5N3O8PS. The number of carbonyl (C=O) groups excluding carboxylic acids is 1. The lowest BCUT2D eigenvalue weighted by Gasteiger charge is -2.40. The molecule has 0 spiro atoms. The molecule has 18 heteroatoms. The number of rotatable bonds is 10. The van der Waals surface area contributed by atoms with Gasteiger partial charge < -0.3 is 14.0 Å². The molecule has 1 aromatic carbocycles. The van der Waals surface area contributed by atoms with Gasteiger partial charge in [-0.2, -0.15) is 5.09 Å². The van der Waals surface area contributed by atoms with Crippen molar-refractivity contribution in [2.45, 2.75) is 37.1 Å². The van der Waals surface area contributed by atoms with Gasteiger partial charge in [-0.25, -0.2) is 9.36 Å². The van der Waals surface area contributed by atoms with E-state index in [2.05, 4.69) is 14.8 Å². The van der Waals surface area contributed by atoms with E-state index in [9.17, 15) is 38.4 Å². The Hall–Kier alpha value is -2.98. The lowest BCUT2D eigenvalue weighted by atomic mass is 10.3. The quantitative estimate of drug-likeness (QED) is 0.179. The third-order valence-electron chi connectivity index (χ3n) is 5.02. The molecule has 0 radical (unpaired) electrons. The van der Waals surface area contributed by atoms with Crippen LogP contribution in [0.3, 0.4) is 0 Å². The summed E-state index contributed by atoms with van der Waals surface area (Å²) in [6.07, 6.45) is 2.09. The SMILES string of the molecule is COC(=O)[C@H](C)NP(=O)(OCC1C=CC(n2cc(C)c(=O)[nH]c2=O)O1)Oc1cccc(S(F)(F)(F)(F)F)c1. The maximum Gasteiger partial charge on any atom is 0.459 e. The molecular weight excluding hydrogens is 568 g/mol. The van der Waals surface area contributed by atoms with Crippen LogP contribution >= 0.6 is 18.0 Å². The Balaban J connectivity index is 1.81. The number of aromatic nitrogens is 2. The van der Waals surface area contributed by atoms with Crippen LogP contribution in [-0.2, 0) is 23.4 Å². The van der Waals surface area contributed by atoms with E-state index in [1.54, 1.807) is 0 Å². The highest BCUT2D eigenvalue weighted by atomic mass is 32.5. The monoisotopic (exact) mass is 591 g/mol. The summed E-state index contributed by atoms with van der Waals surface area (Å²) in [5.74, 6) is -1.83. The number of hydrogen-bond donors (Lipinski definition) is 2. The van der Waals surface area contributed by atoms with Crippen molar-refractivity contribution in [2.75, 3.05) is 13.7 Å². The Morgan fingerprint density at radius 3 is 2.55 bits per heavy atom. The van der Waals surface area contributed by atoms with Gasteiger partial charge >= 0.3 is 29.6 Å². The van der Waals surface area contributed by atoms with Crippen molar-refractivity contribution in [3.8, 4) is 5.75 Å². The standard InChI is InChI=1S/C20H23F5N3O8PS/c1-12-10-28(20(31)26-18(12)29)17-8-7-15(35-17)11-34-37(32,27-13(2)19(30)33-3)36-14-5-4-6-16(9-14)38(21,22,23,24)25/h4-10,13,15,17H,11H2,1-3H3,(H,27,32)(H,26,29,31)/t13-,15?,17?,37?/m0/s1. The third kappa shape index (κ3) is 7.32. The molecule has 212 valence electrons. The van der Waals surface area contributed by atoms with Crippen molar-refractivity contribution >= 4 is 23.9 Å². The zero-order valence-electron chi connectivity index (χ0n) is 19.9. The number of aromatic amines is 1. The Labute approximate surface area is 211 Å². The first-order valence-electron chi connectivity index (χ1n) is 10.6. The van der Waals surface area contributed by atoms with E-state index in [1.165, 1.54) is 32.2 Å². The van der Waals surface area contributed by atoms with Gasteiger partial charge in [0.1, 0.15) is 22.8 Å². The molecule has 3 unspecified atom stereocenters. The van der Waals surface area contributed by atoms with Crippen molar-refractivity contribution in [2.24, 2.45) is 0 Å². The lowest BCUT2D eigenvalue weighted by molar-refractivity contribution is -0.142. The van der Waals surface area contributed by atoms with E-state index in [1.807, 2.05) is 0 Å². The Bertz CT molecular complexity index is 1430. The highest BCUT2D eigenvalue weighted by Gasteiger charge is 2.65. The Kier molecular flexibility index (Phi) is 7.51. The average Bonchev–Trinajstić information content (AvgIpc) is 3.27. The molecule has 0 aliphatic carbocycles. The molecule has 11 nitrogen and oxygen atoms in total. The van der Waals surface area contributed by atoms with Gasteiger partial charge in [0.25, 0.3) is 5.56 Å². The molecule has 2 heterocycles. The first-order valence-corrected chi connectivity index (χ1v) is 14.1. The number of ether oxygens (including phenoxy) is 2. The topological polar surface area (TPSA) is 138 Å². The largest absolute Gasteiger partial charge is 0.468 e. The number of esters is 1. The van der Waals surface area contributed by atoms with Crippen LogP contribution in [0.4, 0.5) is 19.4 Å². The number of carbonyl (C=O) groups is 1. The molecule has 2 aromatic rings. The van der Waals surface area contributed by atoms with E-state index in [0.717, 1.165) is 17.7 Å². The molecule has 1 aromatic heterocycles. The molecule has 3 rings (SSSR count). The van der Waals surface area contributed by atoms with E-state index in [-0.39, 0.29) is 17.7 Å².